The Morgan fingerprint density at radius 2 is 1.82 bits per heavy atom. The van der Waals surface area contributed by atoms with Crippen molar-refractivity contribution >= 4 is 10.8 Å². The minimum atomic E-state index is 0.310. The number of nitrogens with one attached hydrogen (secondary N) is 1. The quantitative estimate of drug-likeness (QED) is 0.796. The van der Waals surface area contributed by atoms with Crippen LogP contribution in [0.5, 0.6) is 11.5 Å². The number of benzene rings is 2. The normalized spacial score (nSPS) is 10.5. The van der Waals surface area contributed by atoms with Crippen molar-refractivity contribution in [3.63, 3.8) is 0 Å². The molecule has 0 aliphatic carbocycles. The summed E-state index contributed by atoms with van der Waals surface area (Å²) < 4.78 is 10.8. The van der Waals surface area contributed by atoms with Crippen LogP contribution in [0.2, 0.25) is 0 Å². The fraction of sp³-hybridized carbons (Fsp3) is 0.231. The molecule has 0 amide bonds. The van der Waals surface area contributed by atoms with Gasteiger partial charge in [0.2, 0.25) is 0 Å². The summed E-state index contributed by atoms with van der Waals surface area (Å²) >= 11 is 0. The Labute approximate surface area is 99.7 Å². The molecule has 90 valence electrons. The maximum absolute atomic E-state index is 8.83. The van der Waals surface area contributed by atoms with Gasteiger partial charge in [-0.3, -0.25) is 0 Å². The zero-order valence-electron chi connectivity index (χ0n) is 9.86. The Hall–Kier alpha value is -1.78. The van der Waals surface area contributed by atoms with Crippen molar-refractivity contribution in [2.75, 3.05) is 14.2 Å². The second-order valence-corrected chi connectivity index (χ2v) is 3.65. The van der Waals surface area contributed by atoms with Gasteiger partial charge in [-0.25, -0.2) is 5.48 Å². The Kier molecular flexibility index (Phi) is 3.46. The van der Waals surface area contributed by atoms with Gasteiger partial charge in [0.1, 0.15) is 11.5 Å². The summed E-state index contributed by atoms with van der Waals surface area (Å²) in [5, 5.41) is 10.8. The van der Waals surface area contributed by atoms with Gasteiger partial charge < -0.3 is 14.7 Å². The van der Waals surface area contributed by atoms with E-state index in [1.165, 1.54) is 0 Å². The SMILES string of the molecule is COc1cc(CNO)c(OC)c2ccccc12. The van der Waals surface area contributed by atoms with E-state index in [2.05, 4.69) is 5.48 Å². The summed E-state index contributed by atoms with van der Waals surface area (Å²) in [7, 11) is 3.25. The minimum Gasteiger partial charge on any atom is -0.496 e. The van der Waals surface area contributed by atoms with E-state index in [9.17, 15) is 0 Å². The second-order valence-electron chi connectivity index (χ2n) is 3.65. The van der Waals surface area contributed by atoms with E-state index in [1.807, 2.05) is 30.3 Å². The van der Waals surface area contributed by atoms with Gasteiger partial charge in [0.15, 0.2) is 0 Å². The van der Waals surface area contributed by atoms with Gasteiger partial charge in [-0.05, 0) is 6.07 Å². The van der Waals surface area contributed by atoms with Crippen molar-refractivity contribution in [1.29, 1.82) is 0 Å². The van der Waals surface area contributed by atoms with Crippen LogP contribution >= 0.6 is 0 Å². The van der Waals surface area contributed by atoms with Crippen LogP contribution in [0.1, 0.15) is 5.56 Å². The standard InChI is InChI=1S/C13H15NO3/c1-16-12-7-9(8-14-15)13(17-2)11-6-4-3-5-10(11)12/h3-7,14-15H,8H2,1-2H3. The fourth-order valence-electron chi connectivity index (χ4n) is 2.00. The molecule has 0 fully saturated rings. The highest BCUT2D eigenvalue weighted by molar-refractivity contribution is 5.94. The van der Waals surface area contributed by atoms with Crippen LogP contribution in [0.15, 0.2) is 30.3 Å². The first-order chi connectivity index (χ1) is 8.31. The summed E-state index contributed by atoms with van der Waals surface area (Å²) in [5.74, 6) is 1.52. The highest BCUT2D eigenvalue weighted by atomic mass is 16.5. The summed E-state index contributed by atoms with van der Waals surface area (Å²) in [4.78, 5) is 0. The third-order valence-electron chi connectivity index (χ3n) is 2.73. The number of hydrogen-bond donors (Lipinski definition) is 2. The summed E-state index contributed by atoms with van der Waals surface area (Å²) in [6.07, 6.45) is 0. The van der Waals surface area contributed by atoms with Gasteiger partial charge in [0.05, 0.1) is 14.2 Å². The van der Waals surface area contributed by atoms with Gasteiger partial charge >= 0.3 is 0 Å². The van der Waals surface area contributed by atoms with Crippen LogP contribution in [-0.2, 0) is 6.54 Å². The maximum Gasteiger partial charge on any atom is 0.131 e. The molecule has 0 aromatic heterocycles. The number of methoxy groups -OCH3 is 2. The number of rotatable bonds is 4. The second kappa shape index (κ2) is 5.03. The monoisotopic (exact) mass is 233 g/mol. The highest BCUT2D eigenvalue weighted by Crippen LogP contribution is 2.36. The summed E-state index contributed by atoms with van der Waals surface area (Å²) in [5.41, 5.74) is 2.99. The fourth-order valence-corrected chi connectivity index (χ4v) is 2.00. The van der Waals surface area contributed by atoms with E-state index < -0.39 is 0 Å². The molecule has 0 atom stereocenters. The molecule has 0 saturated heterocycles. The minimum absolute atomic E-state index is 0.310. The van der Waals surface area contributed by atoms with Crippen LogP contribution in [0.3, 0.4) is 0 Å². The first-order valence-electron chi connectivity index (χ1n) is 5.31. The first kappa shape index (κ1) is 11.7. The van der Waals surface area contributed by atoms with Crippen molar-refractivity contribution in [3.8, 4) is 11.5 Å². The molecule has 2 aromatic carbocycles. The van der Waals surface area contributed by atoms with Crippen LogP contribution in [0.25, 0.3) is 10.8 Å². The van der Waals surface area contributed by atoms with E-state index in [1.54, 1.807) is 14.2 Å². The zero-order valence-corrected chi connectivity index (χ0v) is 9.86. The number of hydrogen-bond acceptors (Lipinski definition) is 4. The molecule has 2 N–H and O–H groups in total. The lowest BCUT2D eigenvalue weighted by Gasteiger charge is -2.14. The molecular weight excluding hydrogens is 218 g/mol. The first-order valence-corrected chi connectivity index (χ1v) is 5.31. The Morgan fingerprint density at radius 3 is 2.41 bits per heavy atom. The highest BCUT2D eigenvalue weighted by Gasteiger charge is 2.12. The van der Waals surface area contributed by atoms with Gasteiger partial charge in [-0.2, -0.15) is 0 Å². The molecule has 17 heavy (non-hydrogen) atoms. The van der Waals surface area contributed by atoms with E-state index in [-0.39, 0.29) is 0 Å². The van der Waals surface area contributed by atoms with E-state index in [4.69, 9.17) is 14.7 Å². The molecule has 0 radical (unpaired) electrons. The molecule has 0 spiro atoms. The molecule has 4 heteroatoms. The van der Waals surface area contributed by atoms with Gasteiger partial charge in [-0.15, -0.1) is 0 Å². The van der Waals surface area contributed by atoms with Crippen LogP contribution < -0.4 is 15.0 Å². The molecule has 2 aromatic rings. The lowest BCUT2D eigenvalue weighted by Crippen LogP contribution is -2.08. The lowest BCUT2D eigenvalue weighted by atomic mass is 10.0. The van der Waals surface area contributed by atoms with Crippen molar-refractivity contribution in [2.24, 2.45) is 0 Å². The average molecular weight is 233 g/mol. The van der Waals surface area contributed by atoms with E-state index >= 15 is 0 Å². The zero-order chi connectivity index (χ0) is 12.3. The topological polar surface area (TPSA) is 50.7 Å². The molecule has 0 aliphatic heterocycles. The van der Waals surface area contributed by atoms with Crippen molar-refractivity contribution in [1.82, 2.24) is 5.48 Å². The average Bonchev–Trinajstić information content (AvgIpc) is 2.38. The summed E-state index contributed by atoms with van der Waals surface area (Å²) in [6, 6.07) is 9.71. The molecular formula is C13H15NO3. The van der Waals surface area contributed by atoms with E-state index in [0.717, 1.165) is 27.8 Å². The predicted molar refractivity (Wildman–Crippen MR) is 65.7 cm³/mol. The van der Waals surface area contributed by atoms with Crippen LogP contribution in [0.4, 0.5) is 0 Å². The predicted octanol–water partition coefficient (Wildman–Crippen LogP) is 2.34. The molecule has 4 nitrogen and oxygen atoms in total. The molecule has 2 rings (SSSR count). The molecule has 0 saturated carbocycles. The van der Waals surface area contributed by atoms with Crippen molar-refractivity contribution < 1.29 is 14.7 Å². The third kappa shape index (κ3) is 2.05. The van der Waals surface area contributed by atoms with Crippen LogP contribution in [-0.4, -0.2) is 19.4 Å². The number of fused-ring (bicyclic) bond motifs is 1. The van der Waals surface area contributed by atoms with Crippen LogP contribution in [0, 0.1) is 0 Å². The van der Waals surface area contributed by atoms with Gasteiger partial charge in [-0.1, -0.05) is 24.3 Å². The maximum atomic E-state index is 8.83. The summed E-state index contributed by atoms with van der Waals surface area (Å²) in [6.45, 7) is 0.310. The Balaban J connectivity index is 2.74. The number of ether oxygens (including phenoxy) is 2. The lowest BCUT2D eigenvalue weighted by molar-refractivity contribution is 0.160. The van der Waals surface area contributed by atoms with E-state index in [0.29, 0.717) is 6.54 Å². The van der Waals surface area contributed by atoms with Gasteiger partial charge in [0, 0.05) is 22.9 Å². The molecule has 0 heterocycles. The number of hydroxylamine groups is 1. The third-order valence-corrected chi connectivity index (χ3v) is 2.73. The van der Waals surface area contributed by atoms with Crippen molar-refractivity contribution in [2.45, 2.75) is 6.54 Å². The molecule has 0 bridgehead atoms. The molecule has 0 unspecified atom stereocenters. The van der Waals surface area contributed by atoms with Gasteiger partial charge in [0.25, 0.3) is 0 Å². The smallest absolute Gasteiger partial charge is 0.131 e. The Morgan fingerprint density at radius 1 is 1.12 bits per heavy atom. The molecule has 0 aliphatic rings. The van der Waals surface area contributed by atoms with Crippen molar-refractivity contribution in [3.05, 3.63) is 35.9 Å². The Bertz CT molecular complexity index is 525. The largest absolute Gasteiger partial charge is 0.496 e.